The first kappa shape index (κ1) is 20.3. The van der Waals surface area contributed by atoms with Crippen LogP contribution in [-0.2, 0) is 0 Å². The lowest BCUT2D eigenvalue weighted by Gasteiger charge is -2.17. The number of ether oxygens (including phenoxy) is 1. The zero-order chi connectivity index (χ0) is 20.1. The first-order valence-electron chi connectivity index (χ1n) is 9.11. The third-order valence-electron chi connectivity index (χ3n) is 4.25. The molecular weight excluding hydrogens is 377 g/mol. The average Bonchev–Trinajstić information content (AvgIpc) is 2.66. The molecule has 0 aliphatic rings. The molecule has 1 radical (unpaired) electrons. The Morgan fingerprint density at radius 1 is 1.18 bits per heavy atom. The van der Waals surface area contributed by atoms with E-state index < -0.39 is 5.60 Å². The molecule has 145 valence electrons. The Hall–Kier alpha value is -2.43. The molecule has 3 rings (SSSR count). The predicted octanol–water partition coefficient (Wildman–Crippen LogP) is 5.94. The molecule has 0 fully saturated rings. The number of aromatic nitrogens is 1. The first-order chi connectivity index (χ1) is 13.3. The topological polar surface area (TPSA) is 42.4 Å². The van der Waals surface area contributed by atoms with E-state index >= 15 is 0 Å². The van der Waals surface area contributed by atoms with E-state index in [1.54, 1.807) is 26.1 Å². The molecular formula is C23H22ClFNO2. The van der Waals surface area contributed by atoms with Crippen LogP contribution in [0.5, 0.6) is 5.75 Å². The van der Waals surface area contributed by atoms with Crippen molar-refractivity contribution < 1.29 is 14.2 Å². The molecule has 3 aromatic rings. The van der Waals surface area contributed by atoms with Crippen LogP contribution in [0.25, 0.3) is 22.4 Å². The molecule has 28 heavy (non-hydrogen) atoms. The van der Waals surface area contributed by atoms with Gasteiger partial charge < -0.3 is 9.84 Å². The summed E-state index contributed by atoms with van der Waals surface area (Å²) in [6.45, 7) is 4.07. The van der Waals surface area contributed by atoms with Crippen molar-refractivity contribution in [3.63, 3.8) is 0 Å². The Morgan fingerprint density at radius 3 is 2.75 bits per heavy atom. The summed E-state index contributed by atoms with van der Waals surface area (Å²) in [6, 6.07) is 16.5. The summed E-state index contributed by atoms with van der Waals surface area (Å²) in [5.41, 5.74) is 2.16. The highest BCUT2D eigenvalue weighted by atomic mass is 35.5. The van der Waals surface area contributed by atoms with Crippen molar-refractivity contribution in [2.45, 2.75) is 32.3 Å². The highest BCUT2D eigenvalue weighted by Gasteiger charge is 2.12. The highest BCUT2D eigenvalue weighted by molar-refractivity contribution is 6.33. The van der Waals surface area contributed by atoms with Crippen molar-refractivity contribution >= 4 is 11.6 Å². The Balaban J connectivity index is 1.80. The van der Waals surface area contributed by atoms with Crippen molar-refractivity contribution in [1.82, 2.24) is 4.98 Å². The van der Waals surface area contributed by atoms with E-state index in [4.69, 9.17) is 16.3 Å². The van der Waals surface area contributed by atoms with Gasteiger partial charge in [-0.25, -0.2) is 4.39 Å². The maximum absolute atomic E-state index is 13.5. The largest absolute Gasteiger partial charge is 0.494 e. The highest BCUT2D eigenvalue weighted by Crippen LogP contribution is 2.33. The van der Waals surface area contributed by atoms with Gasteiger partial charge in [0.2, 0.25) is 0 Å². The van der Waals surface area contributed by atoms with Gasteiger partial charge in [0.25, 0.3) is 0 Å². The molecule has 0 amide bonds. The van der Waals surface area contributed by atoms with Gasteiger partial charge in [0, 0.05) is 22.3 Å². The van der Waals surface area contributed by atoms with Gasteiger partial charge in [-0.1, -0.05) is 17.7 Å². The van der Waals surface area contributed by atoms with Gasteiger partial charge in [-0.3, -0.25) is 4.98 Å². The van der Waals surface area contributed by atoms with Gasteiger partial charge in [0.15, 0.2) is 0 Å². The van der Waals surface area contributed by atoms with E-state index in [2.05, 4.69) is 11.1 Å². The monoisotopic (exact) mass is 398 g/mol. The molecule has 0 saturated heterocycles. The average molecular weight is 399 g/mol. The Kier molecular flexibility index (Phi) is 6.32. The van der Waals surface area contributed by atoms with Gasteiger partial charge in [0.05, 0.1) is 17.9 Å². The SMILES string of the molecule is CC(C)(O)CCCOc1ccc(Cl)c(-c2ccnc(-c3[c]ccc(F)c3)c2)c1. The third-order valence-corrected chi connectivity index (χ3v) is 4.58. The summed E-state index contributed by atoms with van der Waals surface area (Å²) in [5, 5.41) is 10.4. The molecule has 0 atom stereocenters. The molecule has 2 aromatic carbocycles. The number of hydrogen-bond acceptors (Lipinski definition) is 3. The first-order valence-corrected chi connectivity index (χ1v) is 9.48. The van der Waals surface area contributed by atoms with Crippen LogP contribution in [0.15, 0.2) is 54.7 Å². The Morgan fingerprint density at radius 2 is 2.00 bits per heavy atom. The maximum Gasteiger partial charge on any atom is 0.123 e. The van der Waals surface area contributed by atoms with Crippen molar-refractivity contribution in [2.24, 2.45) is 0 Å². The van der Waals surface area contributed by atoms with Gasteiger partial charge in [-0.2, -0.15) is 0 Å². The van der Waals surface area contributed by atoms with Crippen molar-refractivity contribution in [1.29, 1.82) is 0 Å². The van der Waals surface area contributed by atoms with E-state index in [0.29, 0.717) is 35.1 Å². The molecule has 0 aliphatic heterocycles. The van der Waals surface area contributed by atoms with Gasteiger partial charge in [-0.05, 0) is 80.8 Å². The van der Waals surface area contributed by atoms with Crippen LogP contribution < -0.4 is 4.74 Å². The van der Waals surface area contributed by atoms with Crippen LogP contribution in [0.2, 0.25) is 5.02 Å². The van der Waals surface area contributed by atoms with Crippen LogP contribution in [0.4, 0.5) is 4.39 Å². The minimum atomic E-state index is -0.699. The number of benzene rings is 2. The molecule has 0 aliphatic carbocycles. The molecule has 1 heterocycles. The van der Waals surface area contributed by atoms with E-state index in [9.17, 15) is 9.50 Å². The minimum absolute atomic E-state index is 0.333. The fourth-order valence-electron chi connectivity index (χ4n) is 2.84. The van der Waals surface area contributed by atoms with Crippen molar-refractivity contribution in [2.75, 3.05) is 6.61 Å². The van der Waals surface area contributed by atoms with Gasteiger partial charge >= 0.3 is 0 Å². The maximum atomic E-state index is 13.5. The molecule has 1 N–H and O–H groups in total. The van der Waals surface area contributed by atoms with Crippen LogP contribution in [0.3, 0.4) is 0 Å². The summed E-state index contributed by atoms with van der Waals surface area (Å²) in [6.07, 6.45) is 3.07. The number of rotatable bonds is 7. The fourth-order valence-corrected chi connectivity index (χ4v) is 3.07. The van der Waals surface area contributed by atoms with E-state index in [1.807, 2.05) is 24.3 Å². The predicted molar refractivity (Wildman–Crippen MR) is 110 cm³/mol. The summed E-state index contributed by atoms with van der Waals surface area (Å²) in [7, 11) is 0. The van der Waals surface area contributed by atoms with E-state index in [1.165, 1.54) is 18.2 Å². The second kappa shape index (κ2) is 8.72. The second-order valence-electron chi connectivity index (χ2n) is 7.26. The lowest BCUT2D eigenvalue weighted by atomic mass is 10.0. The van der Waals surface area contributed by atoms with Crippen LogP contribution >= 0.6 is 11.6 Å². The van der Waals surface area contributed by atoms with E-state index in [-0.39, 0.29) is 5.82 Å². The summed E-state index contributed by atoms with van der Waals surface area (Å²) in [4.78, 5) is 4.32. The quantitative estimate of drug-likeness (QED) is 0.501. The molecule has 0 unspecified atom stereocenters. The molecule has 0 spiro atoms. The number of nitrogens with zero attached hydrogens (tertiary/aromatic N) is 1. The van der Waals surface area contributed by atoms with Gasteiger partial charge in [-0.15, -0.1) is 0 Å². The number of pyridine rings is 1. The molecule has 3 nitrogen and oxygen atoms in total. The fraction of sp³-hybridized carbons (Fsp3) is 0.261. The second-order valence-corrected chi connectivity index (χ2v) is 7.66. The lowest BCUT2D eigenvalue weighted by molar-refractivity contribution is 0.0641. The summed E-state index contributed by atoms with van der Waals surface area (Å²) < 4.78 is 19.3. The summed E-state index contributed by atoms with van der Waals surface area (Å²) >= 11 is 6.40. The third kappa shape index (κ3) is 5.54. The normalized spacial score (nSPS) is 11.5. The van der Waals surface area contributed by atoms with Crippen LogP contribution in [0, 0.1) is 11.9 Å². The van der Waals surface area contributed by atoms with Gasteiger partial charge in [0.1, 0.15) is 11.6 Å². The Bertz CT molecular complexity index is 953. The van der Waals surface area contributed by atoms with Crippen molar-refractivity contribution in [3.8, 4) is 28.1 Å². The molecule has 5 heteroatoms. The summed E-state index contributed by atoms with van der Waals surface area (Å²) in [5.74, 6) is 0.367. The lowest BCUT2D eigenvalue weighted by Crippen LogP contribution is -2.19. The molecule has 0 bridgehead atoms. The zero-order valence-electron chi connectivity index (χ0n) is 15.9. The Labute approximate surface area is 169 Å². The number of hydrogen-bond donors (Lipinski definition) is 1. The van der Waals surface area contributed by atoms with Crippen LogP contribution in [-0.4, -0.2) is 22.3 Å². The molecule has 0 saturated carbocycles. The molecule has 1 aromatic heterocycles. The van der Waals surface area contributed by atoms with Crippen LogP contribution in [0.1, 0.15) is 26.7 Å². The van der Waals surface area contributed by atoms with E-state index in [0.717, 1.165) is 17.5 Å². The zero-order valence-corrected chi connectivity index (χ0v) is 16.6. The minimum Gasteiger partial charge on any atom is -0.494 e. The smallest absolute Gasteiger partial charge is 0.123 e. The van der Waals surface area contributed by atoms with Crippen molar-refractivity contribution in [3.05, 3.63) is 71.6 Å². The number of halogens is 2. The number of aliphatic hydroxyl groups is 1. The standard InChI is InChI=1S/C23H22ClFNO2/c1-23(2,27)10-4-12-28-19-7-8-21(24)20(15-19)16-9-11-26-22(14-16)17-5-3-6-18(25)13-17/h3,6-9,11,13-15,27H,4,10,12H2,1-2H3.